The summed E-state index contributed by atoms with van der Waals surface area (Å²) in [5.41, 5.74) is -0.377. The lowest BCUT2D eigenvalue weighted by Crippen LogP contribution is -2.38. The number of alkyl halides is 1. The topological polar surface area (TPSA) is 35.5 Å². The standard InChI is InChI=1S/C6H11FO3P/c1-6(2)4-9-11(8)10-5(6)3-7/h5H,3-4H2,1-2H3/q+1. The smallest absolute Gasteiger partial charge is 0.248 e. The Morgan fingerprint density at radius 2 is 2.36 bits per heavy atom. The summed E-state index contributed by atoms with van der Waals surface area (Å²) in [6.07, 6.45) is -0.597. The second kappa shape index (κ2) is 3.13. The van der Waals surface area contributed by atoms with Gasteiger partial charge in [0.25, 0.3) is 0 Å². The summed E-state index contributed by atoms with van der Waals surface area (Å²) in [5, 5.41) is 0. The van der Waals surface area contributed by atoms with E-state index >= 15 is 0 Å². The van der Waals surface area contributed by atoms with Crippen LogP contribution in [0.4, 0.5) is 4.39 Å². The maximum Gasteiger partial charge on any atom is 0.697 e. The van der Waals surface area contributed by atoms with E-state index in [9.17, 15) is 8.96 Å². The van der Waals surface area contributed by atoms with Crippen LogP contribution in [0.15, 0.2) is 0 Å². The Hall–Kier alpha value is -0.0500. The van der Waals surface area contributed by atoms with Gasteiger partial charge in [0.15, 0.2) is 6.10 Å². The molecule has 1 fully saturated rings. The van der Waals surface area contributed by atoms with E-state index in [-0.39, 0.29) is 12.0 Å². The van der Waals surface area contributed by atoms with Gasteiger partial charge in [-0.1, -0.05) is 13.8 Å². The van der Waals surface area contributed by atoms with Crippen LogP contribution >= 0.6 is 8.25 Å². The van der Waals surface area contributed by atoms with Gasteiger partial charge in [-0.05, 0) is 0 Å². The van der Waals surface area contributed by atoms with E-state index < -0.39 is 21.0 Å². The van der Waals surface area contributed by atoms with Crippen molar-refractivity contribution in [2.24, 2.45) is 5.41 Å². The maximum atomic E-state index is 12.2. The van der Waals surface area contributed by atoms with Crippen molar-refractivity contribution in [1.82, 2.24) is 0 Å². The van der Waals surface area contributed by atoms with Crippen LogP contribution in [0, 0.1) is 5.41 Å². The minimum atomic E-state index is -2.09. The highest BCUT2D eigenvalue weighted by atomic mass is 31.1. The van der Waals surface area contributed by atoms with Crippen molar-refractivity contribution in [3.8, 4) is 0 Å². The van der Waals surface area contributed by atoms with E-state index in [0.717, 1.165) is 0 Å². The molecule has 0 aromatic carbocycles. The Kier molecular flexibility index (Phi) is 2.58. The van der Waals surface area contributed by atoms with E-state index in [0.29, 0.717) is 0 Å². The molecule has 0 radical (unpaired) electrons. The monoisotopic (exact) mass is 181 g/mol. The molecule has 0 aromatic rings. The first-order chi connectivity index (χ1) is 5.06. The zero-order valence-corrected chi connectivity index (χ0v) is 7.44. The fourth-order valence-corrected chi connectivity index (χ4v) is 1.87. The van der Waals surface area contributed by atoms with Crippen LogP contribution in [0.3, 0.4) is 0 Å². The van der Waals surface area contributed by atoms with Crippen LogP contribution in [0.25, 0.3) is 0 Å². The minimum absolute atomic E-state index is 0.288. The summed E-state index contributed by atoms with van der Waals surface area (Å²) in [4.78, 5) is 0. The third-order valence-corrected chi connectivity index (χ3v) is 2.53. The van der Waals surface area contributed by atoms with Gasteiger partial charge < -0.3 is 0 Å². The second-order valence-electron chi connectivity index (χ2n) is 3.23. The van der Waals surface area contributed by atoms with Crippen molar-refractivity contribution < 1.29 is 18.0 Å². The summed E-state index contributed by atoms with van der Waals surface area (Å²) in [6, 6.07) is 0. The van der Waals surface area contributed by atoms with Gasteiger partial charge in [0.2, 0.25) is 0 Å². The lowest BCUT2D eigenvalue weighted by atomic mass is 9.88. The van der Waals surface area contributed by atoms with Crippen LogP contribution in [0.5, 0.6) is 0 Å². The van der Waals surface area contributed by atoms with Gasteiger partial charge >= 0.3 is 8.25 Å². The van der Waals surface area contributed by atoms with Crippen LogP contribution in [-0.2, 0) is 13.6 Å². The molecule has 0 aromatic heterocycles. The second-order valence-corrected chi connectivity index (χ2v) is 4.15. The summed E-state index contributed by atoms with van der Waals surface area (Å²) >= 11 is 0. The molecule has 11 heavy (non-hydrogen) atoms. The van der Waals surface area contributed by atoms with Gasteiger partial charge in [-0.25, -0.2) is 4.39 Å². The van der Waals surface area contributed by atoms with E-state index in [2.05, 4.69) is 0 Å². The van der Waals surface area contributed by atoms with E-state index in [1.54, 1.807) is 0 Å². The Labute approximate surface area is 65.8 Å². The van der Waals surface area contributed by atoms with Crippen molar-refractivity contribution in [3.63, 3.8) is 0 Å². The molecule has 1 aliphatic heterocycles. The molecule has 0 amide bonds. The molecule has 3 nitrogen and oxygen atoms in total. The highest BCUT2D eigenvalue weighted by molar-refractivity contribution is 7.33. The quantitative estimate of drug-likeness (QED) is 0.581. The SMILES string of the molecule is CC1(C)CO[P+](=O)OC1CF. The summed E-state index contributed by atoms with van der Waals surface area (Å²) in [7, 11) is -2.09. The Bertz CT molecular complexity index is 171. The molecule has 2 unspecified atom stereocenters. The highest BCUT2D eigenvalue weighted by Gasteiger charge is 2.46. The Morgan fingerprint density at radius 3 is 2.82 bits per heavy atom. The zero-order valence-electron chi connectivity index (χ0n) is 6.54. The van der Waals surface area contributed by atoms with Crippen molar-refractivity contribution >= 4 is 8.25 Å². The molecule has 1 rings (SSSR count). The van der Waals surface area contributed by atoms with Gasteiger partial charge in [-0.2, -0.15) is 0 Å². The molecule has 0 bridgehead atoms. The Balaban J connectivity index is 2.63. The number of hydrogen-bond acceptors (Lipinski definition) is 3. The molecule has 0 aliphatic carbocycles. The lowest BCUT2D eigenvalue weighted by Gasteiger charge is -2.28. The summed E-state index contributed by atoms with van der Waals surface area (Å²) < 4.78 is 32.4. The molecule has 5 heteroatoms. The highest BCUT2D eigenvalue weighted by Crippen LogP contribution is 2.41. The zero-order chi connectivity index (χ0) is 8.48. The minimum Gasteiger partial charge on any atom is -0.248 e. The third-order valence-electron chi connectivity index (χ3n) is 1.77. The fraction of sp³-hybridized carbons (Fsp3) is 1.00. The van der Waals surface area contributed by atoms with E-state index in [1.165, 1.54) is 0 Å². The molecule has 1 saturated heterocycles. The van der Waals surface area contributed by atoms with Gasteiger partial charge in [-0.3, -0.25) is 0 Å². The van der Waals surface area contributed by atoms with Crippen LogP contribution in [0.2, 0.25) is 0 Å². The average Bonchev–Trinajstić information content (AvgIpc) is 1.94. The predicted molar refractivity (Wildman–Crippen MR) is 38.2 cm³/mol. The summed E-state index contributed by atoms with van der Waals surface area (Å²) in [5.74, 6) is 0. The third kappa shape index (κ3) is 1.95. The molecular formula is C6H11FO3P+. The normalized spacial score (nSPS) is 33.7. The van der Waals surface area contributed by atoms with E-state index in [4.69, 9.17) is 9.05 Å². The molecule has 1 heterocycles. The number of hydrogen-bond donors (Lipinski definition) is 0. The molecular weight excluding hydrogens is 170 g/mol. The van der Waals surface area contributed by atoms with Gasteiger partial charge in [-0.15, -0.1) is 9.05 Å². The van der Waals surface area contributed by atoms with Gasteiger partial charge in [0, 0.05) is 9.98 Å². The lowest BCUT2D eigenvalue weighted by molar-refractivity contribution is -0.0264. The molecule has 64 valence electrons. The first-order valence-electron chi connectivity index (χ1n) is 3.39. The first-order valence-corrected chi connectivity index (χ1v) is 4.49. The molecule has 0 saturated carbocycles. The molecule has 1 aliphatic rings. The largest absolute Gasteiger partial charge is 0.697 e. The van der Waals surface area contributed by atoms with Crippen molar-refractivity contribution in [1.29, 1.82) is 0 Å². The van der Waals surface area contributed by atoms with Crippen molar-refractivity contribution in [2.45, 2.75) is 20.0 Å². The van der Waals surface area contributed by atoms with Crippen LogP contribution in [0.1, 0.15) is 13.8 Å². The maximum absolute atomic E-state index is 12.2. The molecule has 2 atom stereocenters. The van der Waals surface area contributed by atoms with Crippen LogP contribution in [-0.4, -0.2) is 19.4 Å². The number of halogens is 1. The number of rotatable bonds is 1. The first kappa shape index (κ1) is 9.04. The predicted octanol–water partition coefficient (Wildman–Crippen LogP) is 2.05. The van der Waals surface area contributed by atoms with Crippen LogP contribution < -0.4 is 0 Å². The van der Waals surface area contributed by atoms with E-state index in [1.807, 2.05) is 13.8 Å². The summed E-state index contributed by atoms with van der Waals surface area (Å²) in [6.45, 7) is 3.31. The van der Waals surface area contributed by atoms with Crippen molar-refractivity contribution in [2.75, 3.05) is 13.3 Å². The fourth-order valence-electron chi connectivity index (χ4n) is 0.826. The molecule has 0 N–H and O–H groups in total. The average molecular weight is 181 g/mol. The van der Waals surface area contributed by atoms with Gasteiger partial charge in [0.05, 0.1) is 0 Å². The molecule has 0 spiro atoms. The Morgan fingerprint density at radius 1 is 1.73 bits per heavy atom. The van der Waals surface area contributed by atoms with Gasteiger partial charge in [0.1, 0.15) is 13.3 Å². The van der Waals surface area contributed by atoms with Crippen molar-refractivity contribution in [3.05, 3.63) is 0 Å².